The molecule has 0 aliphatic heterocycles. The van der Waals surface area contributed by atoms with E-state index in [4.69, 9.17) is 0 Å². The lowest BCUT2D eigenvalue weighted by Gasteiger charge is -2.04. The largest absolute Gasteiger partial charge is 0.235 e. The summed E-state index contributed by atoms with van der Waals surface area (Å²) in [7, 11) is 0. The molecule has 0 aromatic heterocycles. The predicted molar refractivity (Wildman–Crippen MR) is 52.4 cm³/mol. The standard InChI is InChI=1S/C11H13NO/c1-3-11-6-10(7-12-8-13)5-4-9(11)2/h4-6H,3,7H2,1-2H3. The van der Waals surface area contributed by atoms with Crippen LogP contribution in [-0.2, 0) is 17.8 Å². The van der Waals surface area contributed by atoms with Gasteiger partial charge in [-0.3, -0.25) is 0 Å². The molecule has 0 aliphatic carbocycles. The van der Waals surface area contributed by atoms with E-state index in [-0.39, 0.29) is 0 Å². The highest BCUT2D eigenvalue weighted by molar-refractivity contribution is 5.35. The zero-order valence-corrected chi connectivity index (χ0v) is 8.00. The van der Waals surface area contributed by atoms with Gasteiger partial charge in [-0.15, -0.1) is 0 Å². The Balaban J connectivity index is 2.92. The van der Waals surface area contributed by atoms with Crippen LogP contribution < -0.4 is 0 Å². The average molecular weight is 175 g/mol. The van der Waals surface area contributed by atoms with Crippen LogP contribution in [0, 0.1) is 6.92 Å². The summed E-state index contributed by atoms with van der Waals surface area (Å²) in [5, 5.41) is 0. The zero-order chi connectivity index (χ0) is 9.68. The Hall–Kier alpha value is -1.40. The van der Waals surface area contributed by atoms with Crippen molar-refractivity contribution in [1.82, 2.24) is 0 Å². The molecule has 0 amide bonds. The first kappa shape index (κ1) is 9.69. The molecule has 0 atom stereocenters. The highest BCUT2D eigenvalue weighted by Gasteiger charge is 1.97. The second kappa shape index (κ2) is 4.58. The van der Waals surface area contributed by atoms with Crippen molar-refractivity contribution in [3.63, 3.8) is 0 Å². The van der Waals surface area contributed by atoms with Gasteiger partial charge in [-0.25, -0.2) is 9.79 Å². The van der Waals surface area contributed by atoms with E-state index in [9.17, 15) is 4.79 Å². The van der Waals surface area contributed by atoms with Gasteiger partial charge in [0.25, 0.3) is 0 Å². The summed E-state index contributed by atoms with van der Waals surface area (Å²) in [6.07, 6.45) is 2.56. The van der Waals surface area contributed by atoms with Crippen molar-refractivity contribution >= 4 is 6.08 Å². The minimum Gasteiger partial charge on any atom is -0.211 e. The van der Waals surface area contributed by atoms with E-state index in [0.717, 1.165) is 12.0 Å². The number of hydrogen-bond donors (Lipinski definition) is 0. The molecule has 0 saturated carbocycles. The fourth-order valence-corrected chi connectivity index (χ4v) is 1.33. The third-order valence-electron chi connectivity index (χ3n) is 2.12. The van der Waals surface area contributed by atoms with E-state index < -0.39 is 0 Å². The van der Waals surface area contributed by atoms with Gasteiger partial charge in [-0.1, -0.05) is 25.1 Å². The van der Waals surface area contributed by atoms with E-state index in [1.54, 1.807) is 6.08 Å². The van der Waals surface area contributed by atoms with Gasteiger partial charge in [0.15, 0.2) is 0 Å². The predicted octanol–water partition coefficient (Wildman–Crippen LogP) is 2.39. The Bertz CT molecular complexity index is 338. The summed E-state index contributed by atoms with van der Waals surface area (Å²) in [5.41, 5.74) is 3.69. The second-order valence-electron chi connectivity index (χ2n) is 3.02. The number of aliphatic imine (C=N–C) groups is 1. The van der Waals surface area contributed by atoms with Crippen LogP contribution in [0.25, 0.3) is 0 Å². The number of aryl methyl sites for hydroxylation is 2. The molecule has 0 N–H and O–H groups in total. The normalized spacial score (nSPS) is 9.38. The van der Waals surface area contributed by atoms with E-state index in [1.807, 2.05) is 6.07 Å². The molecule has 1 aromatic carbocycles. The summed E-state index contributed by atoms with van der Waals surface area (Å²) in [4.78, 5) is 13.4. The van der Waals surface area contributed by atoms with Crippen LogP contribution in [0.5, 0.6) is 0 Å². The van der Waals surface area contributed by atoms with E-state index >= 15 is 0 Å². The molecule has 0 fully saturated rings. The summed E-state index contributed by atoms with van der Waals surface area (Å²) in [6.45, 7) is 4.65. The molecule has 1 rings (SSSR count). The van der Waals surface area contributed by atoms with E-state index in [1.165, 1.54) is 11.1 Å². The second-order valence-corrected chi connectivity index (χ2v) is 3.02. The fraction of sp³-hybridized carbons (Fsp3) is 0.364. The molecule has 0 saturated heterocycles. The van der Waals surface area contributed by atoms with Crippen molar-refractivity contribution in [3.8, 4) is 0 Å². The molecule has 1 aromatic rings. The van der Waals surface area contributed by atoms with Gasteiger partial charge in [0.2, 0.25) is 6.08 Å². The van der Waals surface area contributed by atoms with Crippen LogP contribution in [0.1, 0.15) is 23.6 Å². The molecule has 68 valence electrons. The highest BCUT2D eigenvalue weighted by atomic mass is 16.1. The molecular formula is C11H13NO. The lowest BCUT2D eigenvalue weighted by atomic mass is 10.0. The van der Waals surface area contributed by atoms with E-state index in [2.05, 4.69) is 31.0 Å². The quantitative estimate of drug-likeness (QED) is 0.512. The molecule has 2 nitrogen and oxygen atoms in total. The Morgan fingerprint density at radius 3 is 2.85 bits per heavy atom. The molecule has 0 heterocycles. The third kappa shape index (κ3) is 2.53. The Morgan fingerprint density at radius 1 is 1.46 bits per heavy atom. The van der Waals surface area contributed by atoms with Gasteiger partial charge in [0.05, 0.1) is 6.54 Å². The van der Waals surface area contributed by atoms with Crippen molar-refractivity contribution in [2.45, 2.75) is 26.8 Å². The van der Waals surface area contributed by atoms with Crippen LogP contribution in [0.4, 0.5) is 0 Å². The number of benzene rings is 1. The van der Waals surface area contributed by atoms with Crippen LogP contribution in [0.3, 0.4) is 0 Å². The first-order chi connectivity index (χ1) is 6.27. The molecule has 0 radical (unpaired) electrons. The number of hydrogen-bond acceptors (Lipinski definition) is 2. The molecule has 0 aliphatic rings. The lowest BCUT2D eigenvalue weighted by molar-refractivity contribution is 0.563. The van der Waals surface area contributed by atoms with Crippen LogP contribution in [0.2, 0.25) is 0 Å². The maximum atomic E-state index is 9.91. The SMILES string of the molecule is CCc1cc(CN=C=O)ccc1C. The molecular weight excluding hydrogens is 162 g/mol. The molecule has 0 spiro atoms. The molecule has 13 heavy (non-hydrogen) atoms. The minimum atomic E-state index is 0.441. The summed E-state index contributed by atoms with van der Waals surface area (Å²) in [5.74, 6) is 0. The van der Waals surface area contributed by atoms with Crippen LogP contribution >= 0.6 is 0 Å². The zero-order valence-electron chi connectivity index (χ0n) is 8.00. The lowest BCUT2D eigenvalue weighted by Crippen LogP contribution is -1.89. The fourth-order valence-electron chi connectivity index (χ4n) is 1.33. The summed E-state index contributed by atoms with van der Waals surface area (Å²) >= 11 is 0. The topological polar surface area (TPSA) is 29.4 Å². The summed E-state index contributed by atoms with van der Waals surface area (Å²) in [6, 6.07) is 6.15. The summed E-state index contributed by atoms with van der Waals surface area (Å²) < 4.78 is 0. The van der Waals surface area contributed by atoms with Crippen molar-refractivity contribution in [2.75, 3.05) is 0 Å². The van der Waals surface area contributed by atoms with Crippen LogP contribution in [-0.4, -0.2) is 6.08 Å². The maximum absolute atomic E-state index is 9.91. The molecule has 0 bridgehead atoms. The highest BCUT2D eigenvalue weighted by Crippen LogP contribution is 2.12. The minimum absolute atomic E-state index is 0.441. The number of nitrogens with zero attached hydrogens (tertiary/aromatic N) is 1. The number of isocyanates is 1. The Labute approximate surface area is 78.3 Å². The maximum Gasteiger partial charge on any atom is 0.235 e. The van der Waals surface area contributed by atoms with Crippen molar-refractivity contribution in [2.24, 2.45) is 4.99 Å². The van der Waals surface area contributed by atoms with Crippen molar-refractivity contribution in [3.05, 3.63) is 34.9 Å². The molecule has 0 unspecified atom stereocenters. The molecule has 2 heteroatoms. The first-order valence-electron chi connectivity index (χ1n) is 4.40. The smallest absolute Gasteiger partial charge is 0.211 e. The number of carbonyl (C=O) groups excluding carboxylic acids is 1. The van der Waals surface area contributed by atoms with Gasteiger partial charge < -0.3 is 0 Å². The monoisotopic (exact) mass is 175 g/mol. The van der Waals surface area contributed by atoms with Gasteiger partial charge in [-0.2, -0.15) is 0 Å². The Kier molecular flexibility index (Phi) is 3.41. The van der Waals surface area contributed by atoms with Crippen molar-refractivity contribution in [1.29, 1.82) is 0 Å². The van der Waals surface area contributed by atoms with Crippen molar-refractivity contribution < 1.29 is 4.79 Å². The van der Waals surface area contributed by atoms with Crippen LogP contribution in [0.15, 0.2) is 23.2 Å². The third-order valence-corrected chi connectivity index (χ3v) is 2.12. The Morgan fingerprint density at radius 2 is 2.23 bits per heavy atom. The van der Waals surface area contributed by atoms with Gasteiger partial charge >= 0.3 is 0 Å². The van der Waals surface area contributed by atoms with Gasteiger partial charge in [-0.05, 0) is 30.0 Å². The number of rotatable bonds is 3. The first-order valence-corrected chi connectivity index (χ1v) is 4.40. The average Bonchev–Trinajstić information content (AvgIpc) is 2.16. The van der Waals surface area contributed by atoms with Gasteiger partial charge in [0.1, 0.15) is 0 Å². The van der Waals surface area contributed by atoms with E-state index in [0.29, 0.717) is 6.54 Å². The van der Waals surface area contributed by atoms with Gasteiger partial charge in [0, 0.05) is 0 Å².